The number of hydrogen-bond donors (Lipinski definition) is 1. The van der Waals surface area contributed by atoms with Crippen molar-refractivity contribution in [1.29, 1.82) is 0 Å². The Morgan fingerprint density at radius 1 is 1.29 bits per heavy atom. The van der Waals surface area contributed by atoms with Crippen molar-refractivity contribution in [3.63, 3.8) is 0 Å². The van der Waals surface area contributed by atoms with E-state index in [1.807, 2.05) is 18.7 Å². The van der Waals surface area contributed by atoms with Crippen LogP contribution in [-0.2, 0) is 14.8 Å². The third-order valence-corrected chi connectivity index (χ3v) is 5.26. The summed E-state index contributed by atoms with van der Waals surface area (Å²) < 4.78 is 32.6. The summed E-state index contributed by atoms with van der Waals surface area (Å²) in [5.41, 5.74) is 0.188. The number of rotatable bonds is 5. The first-order valence-electron chi connectivity index (χ1n) is 7.81. The molecule has 134 valence electrons. The van der Waals surface area contributed by atoms with Gasteiger partial charge in [-0.05, 0) is 39.8 Å². The fourth-order valence-corrected chi connectivity index (χ4v) is 4.11. The predicted molar refractivity (Wildman–Crippen MR) is 90.8 cm³/mol. The second kappa shape index (κ2) is 7.04. The van der Waals surface area contributed by atoms with Gasteiger partial charge in [-0.1, -0.05) is 0 Å². The minimum atomic E-state index is -3.78. The van der Waals surface area contributed by atoms with Crippen LogP contribution in [0.25, 0.3) is 0 Å². The van der Waals surface area contributed by atoms with Gasteiger partial charge in [-0.25, -0.2) is 13.1 Å². The van der Waals surface area contributed by atoms with Gasteiger partial charge in [0.25, 0.3) is 5.69 Å². The van der Waals surface area contributed by atoms with Gasteiger partial charge in [0.1, 0.15) is 5.69 Å². The number of hydrogen-bond acceptors (Lipinski definition) is 6. The molecule has 1 heterocycles. The second-order valence-electron chi connectivity index (χ2n) is 6.35. The highest BCUT2D eigenvalue weighted by Crippen LogP contribution is 2.32. The lowest BCUT2D eigenvalue weighted by Crippen LogP contribution is -2.45. The number of nitro benzene ring substituents is 1. The van der Waals surface area contributed by atoms with E-state index in [2.05, 4.69) is 4.72 Å². The quantitative estimate of drug-likeness (QED) is 0.638. The number of nitrogens with zero attached hydrogens (tertiary/aromatic N) is 2. The third-order valence-electron chi connectivity index (χ3n) is 3.61. The van der Waals surface area contributed by atoms with E-state index >= 15 is 0 Å². The largest absolute Gasteiger partial charge is 0.372 e. The minimum Gasteiger partial charge on any atom is -0.372 e. The molecule has 0 radical (unpaired) electrons. The molecule has 0 unspecified atom stereocenters. The van der Waals surface area contributed by atoms with E-state index < -0.39 is 14.9 Å². The average molecular weight is 357 g/mol. The molecule has 1 aromatic rings. The van der Waals surface area contributed by atoms with E-state index in [1.54, 1.807) is 13.8 Å². The van der Waals surface area contributed by atoms with Crippen molar-refractivity contribution in [2.75, 3.05) is 18.0 Å². The Labute approximate surface area is 142 Å². The molecule has 2 rings (SSSR count). The summed E-state index contributed by atoms with van der Waals surface area (Å²) >= 11 is 0. The maximum Gasteiger partial charge on any atom is 0.293 e. The molecule has 0 bridgehead atoms. The summed E-state index contributed by atoms with van der Waals surface area (Å²) in [5.74, 6) is 0. The van der Waals surface area contributed by atoms with Crippen LogP contribution in [0.4, 0.5) is 11.4 Å². The summed E-state index contributed by atoms with van der Waals surface area (Å²) in [5, 5.41) is 11.5. The highest BCUT2D eigenvalue weighted by atomic mass is 32.2. The molecule has 24 heavy (non-hydrogen) atoms. The lowest BCUT2D eigenvalue weighted by molar-refractivity contribution is -0.384. The van der Waals surface area contributed by atoms with Crippen LogP contribution in [0.1, 0.15) is 27.7 Å². The molecule has 1 aliphatic heterocycles. The van der Waals surface area contributed by atoms with Crippen LogP contribution >= 0.6 is 0 Å². The first-order valence-corrected chi connectivity index (χ1v) is 9.29. The van der Waals surface area contributed by atoms with E-state index in [4.69, 9.17) is 4.74 Å². The van der Waals surface area contributed by atoms with E-state index in [1.165, 1.54) is 12.1 Å². The van der Waals surface area contributed by atoms with Crippen molar-refractivity contribution in [2.24, 2.45) is 0 Å². The van der Waals surface area contributed by atoms with E-state index in [9.17, 15) is 18.5 Å². The Hall–Kier alpha value is -1.71. The average Bonchev–Trinajstić information content (AvgIpc) is 2.44. The Morgan fingerprint density at radius 2 is 1.88 bits per heavy atom. The second-order valence-corrected chi connectivity index (χ2v) is 8.06. The first-order chi connectivity index (χ1) is 11.1. The molecule has 0 aliphatic carbocycles. The van der Waals surface area contributed by atoms with Gasteiger partial charge in [0.05, 0.1) is 22.0 Å². The van der Waals surface area contributed by atoms with Crippen LogP contribution in [0, 0.1) is 10.1 Å². The molecule has 0 amide bonds. The molecule has 0 aromatic heterocycles. The van der Waals surface area contributed by atoms with Crippen LogP contribution in [0.3, 0.4) is 0 Å². The number of ether oxygens (including phenoxy) is 1. The number of benzene rings is 1. The molecule has 0 saturated carbocycles. The predicted octanol–water partition coefficient (Wildman–Crippen LogP) is 1.90. The Kier molecular flexibility index (Phi) is 5.46. The maximum atomic E-state index is 12.2. The van der Waals surface area contributed by atoms with Crippen LogP contribution in [-0.4, -0.2) is 44.7 Å². The number of anilines is 1. The fraction of sp³-hybridized carbons (Fsp3) is 0.600. The highest BCUT2D eigenvalue weighted by Gasteiger charge is 2.29. The molecule has 9 heteroatoms. The molecule has 8 nitrogen and oxygen atoms in total. The third kappa shape index (κ3) is 4.22. The van der Waals surface area contributed by atoms with Crippen molar-refractivity contribution < 1.29 is 18.1 Å². The molecule has 1 aromatic carbocycles. The summed E-state index contributed by atoms with van der Waals surface area (Å²) in [6, 6.07) is 3.72. The molecule has 1 saturated heterocycles. The molecule has 1 fully saturated rings. The van der Waals surface area contributed by atoms with Crippen LogP contribution in [0.2, 0.25) is 0 Å². The first kappa shape index (κ1) is 18.6. The Morgan fingerprint density at radius 3 is 2.38 bits per heavy atom. The zero-order valence-electron chi connectivity index (χ0n) is 14.2. The summed E-state index contributed by atoms with van der Waals surface area (Å²) in [7, 11) is -3.78. The molecule has 0 spiro atoms. The van der Waals surface area contributed by atoms with E-state index in [0.29, 0.717) is 18.8 Å². The van der Waals surface area contributed by atoms with Gasteiger partial charge in [0, 0.05) is 25.2 Å². The topological polar surface area (TPSA) is 102 Å². The van der Waals surface area contributed by atoms with Crippen molar-refractivity contribution in [2.45, 2.75) is 50.8 Å². The monoisotopic (exact) mass is 357 g/mol. The number of sulfonamides is 1. The summed E-state index contributed by atoms with van der Waals surface area (Å²) in [6.07, 6.45) is -0.112. The Bertz CT molecular complexity index is 710. The van der Waals surface area contributed by atoms with Crippen molar-refractivity contribution in [3.8, 4) is 0 Å². The van der Waals surface area contributed by atoms with E-state index in [-0.39, 0.29) is 28.8 Å². The molecular formula is C15H23N3O5S. The molecular weight excluding hydrogens is 334 g/mol. The zero-order chi connectivity index (χ0) is 18.1. The van der Waals surface area contributed by atoms with Gasteiger partial charge in [0.2, 0.25) is 10.0 Å². The lowest BCUT2D eigenvalue weighted by Gasteiger charge is -2.36. The van der Waals surface area contributed by atoms with Crippen LogP contribution < -0.4 is 9.62 Å². The maximum absolute atomic E-state index is 12.2. The van der Waals surface area contributed by atoms with Gasteiger partial charge < -0.3 is 9.64 Å². The van der Waals surface area contributed by atoms with Gasteiger partial charge in [-0.3, -0.25) is 10.1 Å². The van der Waals surface area contributed by atoms with E-state index in [0.717, 1.165) is 6.07 Å². The normalized spacial score (nSPS) is 22.0. The Balaban J connectivity index is 2.43. The lowest BCUT2D eigenvalue weighted by atomic mass is 10.2. The van der Waals surface area contributed by atoms with Gasteiger partial charge in [-0.15, -0.1) is 0 Å². The number of morpholine rings is 1. The van der Waals surface area contributed by atoms with Gasteiger partial charge >= 0.3 is 0 Å². The summed E-state index contributed by atoms with van der Waals surface area (Å²) in [4.78, 5) is 12.7. The highest BCUT2D eigenvalue weighted by molar-refractivity contribution is 7.89. The number of nitrogens with one attached hydrogen (secondary N) is 1. The van der Waals surface area contributed by atoms with Crippen molar-refractivity contribution in [3.05, 3.63) is 28.3 Å². The fourth-order valence-electron chi connectivity index (χ4n) is 2.84. The summed E-state index contributed by atoms with van der Waals surface area (Å²) in [6.45, 7) is 8.22. The molecule has 2 atom stereocenters. The van der Waals surface area contributed by atoms with Crippen LogP contribution in [0.15, 0.2) is 23.1 Å². The molecule has 1 aliphatic rings. The van der Waals surface area contributed by atoms with Gasteiger partial charge in [0.15, 0.2) is 0 Å². The smallest absolute Gasteiger partial charge is 0.293 e. The van der Waals surface area contributed by atoms with Crippen molar-refractivity contribution >= 4 is 21.4 Å². The van der Waals surface area contributed by atoms with Gasteiger partial charge in [-0.2, -0.15) is 0 Å². The number of nitro groups is 1. The van der Waals surface area contributed by atoms with Crippen molar-refractivity contribution in [1.82, 2.24) is 4.72 Å². The standard InChI is InChI=1S/C15H23N3O5S/c1-10(2)16-24(21,22)13-5-6-14(15(7-13)18(19)20)17-8-11(3)23-12(4)9-17/h5-7,10-12,16H,8-9H2,1-4H3/t11-,12-/m0/s1. The SMILES string of the molecule is CC(C)NS(=O)(=O)c1ccc(N2C[C@H](C)O[C@@H](C)C2)c([N+](=O)[O-])c1. The van der Waals surface area contributed by atoms with Crippen LogP contribution in [0.5, 0.6) is 0 Å². The minimum absolute atomic E-state index is 0.0561. The molecule has 1 N–H and O–H groups in total. The zero-order valence-corrected chi connectivity index (χ0v) is 15.0.